The predicted molar refractivity (Wildman–Crippen MR) is 60.6 cm³/mol. The van der Waals surface area contributed by atoms with Crippen LogP contribution in [0.25, 0.3) is 0 Å². The van der Waals surface area contributed by atoms with Gasteiger partial charge < -0.3 is 0 Å². The fourth-order valence-corrected chi connectivity index (χ4v) is 1.67. The molecule has 0 aliphatic carbocycles. The van der Waals surface area contributed by atoms with E-state index in [4.69, 9.17) is 0 Å². The Balaban J connectivity index is 2.37. The number of halogens is 1. The second-order valence-electron chi connectivity index (χ2n) is 3.63. The topological polar surface area (TPSA) is 0 Å². The number of hydrogen-bond acceptors (Lipinski definition) is 0. The molecule has 0 spiro atoms. The Hall–Kier alpha value is -1.63. The van der Waals surface area contributed by atoms with Crippen molar-refractivity contribution in [3.8, 4) is 0 Å². The Labute approximate surface area is 89.4 Å². The minimum Gasteiger partial charge on any atom is -0.237 e. The van der Waals surface area contributed by atoms with Gasteiger partial charge in [-0.3, -0.25) is 0 Å². The van der Waals surface area contributed by atoms with Gasteiger partial charge in [0.25, 0.3) is 0 Å². The first-order chi connectivity index (χ1) is 7.29. The van der Waals surface area contributed by atoms with Crippen molar-refractivity contribution in [2.45, 2.75) is 13.1 Å². The summed E-state index contributed by atoms with van der Waals surface area (Å²) in [6.45, 7) is 1.94. The van der Waals surface area contributed by atoms with Crippen molar-refractivity contribution in [3.05, 3.63) is 71.3 Å². The molecule has 0 amide bonds. The summed E-state index contributed by atoms with van der Waals surface area (Å²) in [5, 5.41) is 0. The van der Waals surface area contributed by atoms with Gasteiger partial charge in [-0.2, -0.15) is 0 Å². The lowest BCUT2D eigenvalue weighted by atomic mass is 9.99. The summed E-state index contributed by atoms with van der Waals surface area (Å²) >= 11 is 0. The minimum atomic E-state index is -1.02. The van der Waals surface area contributed by atoms with Gasteiger partial charge >= 0.3 is 0 Å². The van der Waals surface area contributed by atoms with Crippen LogP contribution < -0.4 is 0 Å². The molecule has 0 bridgehead atoms. The second-order valence-corrected chi connectivity index (χ2v) is 3.63. The lowest BCUT2D eigenvalue weighted by Crippen LogP contribution is -1.96. The zero-order valence-corrected chi connectivity index (χ0v) is 8.65. The van der Waals surface area contributed by atoms with E-state index in [1.807, 2.05) is 61.5 Å². The zero-order chi connectivity index (χ0) is 10.7. The van der Waals surface area contributed by atoms with Gasteiger partial charge in [-0.1, -0.05) is 54.6 Å². The molecule has 76 valence electrons. The highest BCUT2D eigenvalue weighted by molar-refractivity contribution is 5.34. The van der Waals surface area contributed by atoms with Crippen molar-refractivity contribution >= 4 is 0 Å². The van der Waals surface area contributed by atoms with E-state index in [-0.39, 0.29) is 0 Å². The molecule has 0 aliphatic heterocycles. The smallest absolute Gasteiger partial charge is 0.150 e. The quantitative estimate of drug-likeness (QED) is 0.686. The number of rotatable bonds is 2. The van der Waals surface area contributed by atoms with Crippen LogP contribution in [0.5, 0.6) is 0 Å². The Bertz CT molecular complexity index is 434. The van der Waals surface area contributed by atoms with E-state index in [2.05, 4.69) is 0 Å². The van der Waals surface area contributed by atoms with Crippen LogP contribution in [-0.2, 0) is 0 Å². The molecule has 1 unspecified atom stereocenters. The number of hydrogen-bond donors (Lipinski definition) is 0. The third kappa shape index (κ3) is 2.07. The minimum absolute atomic E-state index is 0.715. The van der Waals surface area contributed by atoms with Crippen LogP contribution in [0.2, 0.25) is 0 Å². The molecule has 2 rings (SSSR count). The van der Waals surface area contributed by atoms with Gasteiger partial charge in [0, 0.05) is 0 Å². The summed E-state index contributed by atoms with van der Waals surface area (Å²) in [7, 11) is 0. The summed E-state index contributed by atoms with van der Waals surface area (Å²) < 4.78 is 14.1. The standard InChI is InChI=1S/C14H13F/c1-11-7-5-6-10-13(11)14(15)12-8-3-2-4-9-12/h2-10,14H,1H3. The van der Waals surface area contributed by atoms with E-state index >= 15 is 0 Å². The van der Waals surface area contributed by atoms with Crippen molar-refractivity contribution in [1.82, 2.24) is 0 Å². The molecule has 0 radical (unpaired) electrons. The zero-order valence-electron chi connectivity index (χ0n) is 8.65. The molecule has 0 nitrogen and oxygen atoms in total. The molecular weight excluding hydrogens is 187 g/mol. The van der Waals surface area contributed by atoms with Gasteiger partial charge in [-0.15, -0.1) is 0 Å². The highest BCUT2D eigenvalue weighted by Crippen LogP contribution is 2.27. The van der Waals surface area contributed by atoms with Crippen molar-refractivity contribution in [3.63, 3.8) is 0 Å². The van der Waals surface area contributed by atoms with Crippen LogP contribution in [0.1, 0.15) is 22.9 Å². The van der Waals surface area contributed by atoms with E-state index in [0.717, 1.165) is 11.1 Å². The first-order valence-corrected chi connectivity index (χ1v) is 5.03. The number of alkyl halides is 1. The lowest BCUT2D eigenvalue weighted by Gasteiger charge is -2.11. The molecule has 0 N–H and O–H groups in total. The Morgan fingerprint density at radius 1 is 0.867 bits per heavy atom. The lowest BCUT2D eigenvalue weighted by molar-refractivity contribution is 0.400. The average molecular weight is 200 g/mol. The van der Waals surface area contributed by atoms with E-state index in [1.54, 1.807) is 0 Å². The van der Waals surface area contributed by atoms with Crippen LogP contribution in [0.4, 0.5) is 4.39 Å². The highest BCUT2D eigenvalue weighted by atomic mass is 19.1. The first-order valence-electron chi connectivity index (χ1n) is 5.03. The molecule has 15 heavy (non-hydrogen) atoms. The fraction of sp³-hybridized carbons (Fsp3) is 0.143. The highest BCUT2D eigenvalue weighted by Gasteiger charge is 2.13. The van der Waals surface area contributed by atoms with E-state index in [1.165, 1.54) is 0 Å². The van der Waals surface area contributed by atoms with Crippen molar-refractivity contribution in [1.29, 1.82) is 0 Å². The molecule has 0 fully saturated rings. The van der Waals surface area contributed by atoms with Crippen LogP contribution >= 0.6 is 0 Å². The van der Waals surface area contributed by atoms with Gasteiger partial charge in [0.15, 0.2) is 6.17 Å². The number of aryl methyl sites for hydroxylation is 1. The van der Waals surface area contributed by atoms with Gasteiger partial charge in [0.05, 0.1) is 0 Å². The summed E-state index contributed by atoms with van der Waals surface area (Å²) in [4.78, 5) is 0. The predicted octanol–water partition coefficient (Wildman–Crippen LogP) is 4.05. The normalized spacial score (nSPS) is 12.4. The van der Waals surface area contributed by atoms with Crippen molar-refractivity contribution in [2.24, 2.45) is 0 Å². The van der Waals surface area contributed by atoms with Gasteiger partial charge in [0.2, 0.25) is 0 Å². The molecule has 0 aromatic heterocycles. The third-order valence-corrected chi connectivity index (χ3v) is 2.55. The fourth-order valence-electron chi connectivity index (χ4n) is 1.67. The summed E-state index contributed by atoms with van der Waals surface area (Å²) in [6, 6.07) is 16.8. The molecule has 2 aromatic rings. The van der Waals surface area contributed by atoms with Crippen molar-refractivity contribution < 1.29 is 4.39 Å². The molecule has 0 aliphatic rings. The van der Waals surface area contributed by atoms with Gasteiger partial charge in [-0.05, 0) is 23.6 Å². The van der Waals surface area contributed by atoms with Crippen LogP contribution in [-0.4, -0.2) is 0 Å². The van der Waals surface area contributed by atoms with Crippen LogP contribution in [0.15, 0.2) is 54.6 Å². The van der Waals surface area contributed by atoms with Crippen LogP contribution in [0, 0.1) is 6.92 Å². The van der Waals surface area contributed by atoms with E-state index in [0.29, 0.717) is 5.56 Å². The Morgan fingerprint density at radius 3 is 2.13 bits per heavy atom. The average Bonchev–Trinajstić information content (AvgIpc) is 2.30. The van der Waals surface area contributed by atoms with Gasteiger partial charge in [0.1, 0.15) is 0 Å². The summed E-state index contributed by atoms with van der Waals surface area (Å²) in [5.41, 5.74) is 2.46. The Kier molecular flexibility index (Phi) is 2.82. The molecule has 1 atom stereocenters. The second kappa shape index (κ2) is 4.26. The maximum atomic E-state index is 14.1. The molecular formula is C14H13F. The van der Waals surface area contributed by atoms with Crippen LogP contribution in [0.3, 0.4) is 0 Å². The summed E-state index contributed by atoms with van der Waals surface area (Å²) in [6.07, 6.45) is -1.02. The van der Waals surface area contributed by atoms with E-state index in [9.17, 15) is 4.39 Å². The molecule has 0 saturated carbocycles. The molecule has 0 saturated heterocycles. The monoisotopic (exact) mass is 200 g/mol. The number of benzene rings is 2. The maximum absolute atomic E-state index is 14.1. The molecule has 0 heterocycles. The summed E-state index contributed by atoms with van der Waals surface area (Å²) in [5.74, 6) is 0. The molecule has 2 aromatic carbocycles. The largest absolute Gasteiger partial charge is 0.237 e. The first kappa shape index (κ1) is 9.91. The Morgan fingerprint density at radius 2 is 1.47 bits per heavy atom. The maximum Gasteiger partial charge on any atom is 0.150 e. The SMILES string of the molecule is Cc1ccccc1C(F)c1ccccc1. The third-order valence-electron chi connectivity index (χ3n) is 2.55. The van der Waals surface area contributed by atoms with Gasteiger partial charge in [-0.25, -0.2) is 4.39 Å². The molecule has 1 heteroatoms. The van der Waals surface area contributed by atoms with E-state index < -0.39 is 6.17 Å². The van der Waals surface area contributed by atoms with Crippen molar-refractivity contribution in [2.75, 3.05) is 0 Å².